The third-order valence-corrected chi connectivity index (χ3v) is 3.68. The van der Waals surface area contributed by atoms with E-state index in [-0.39, 0.29) is 11.4 Å². The van der Waals surface area contributed by atoms with Crippen LogP contribution in [-0.4, -0.2) is 48.0 Å². The van der Waals surface area contributed by atoms with Crippen LogP contribution in [0.3, 0.4) is 0 Å². The third kappa shape index (κ3) is 2.86. The lowest BCUT2D eigenvalue weighted by Gasteiger charge is -2.35. The minimum Gasteiger partial charge on any atom is -0.356 e. The lowest BCUT2D eigenvalue weighted by Crippen LogP contribution is -2.42. The molecule has 0 bridgehead atoms. The Hall–Kier alpha value is -2.20. The Labute approximate surface area is 117 Å². The van der Waals surface area contributed by atoms with Crippen LogP contribution in [0, 0.1) is 21.4 Å². The van der Waals surface area contributed by atoms with E-state index in [2.05, 4.69) is 28.9 Å². The van der Waals surface area contributed by atoms with E-state index in [1.54, 1.807) is 12.1 Å². The van der Waals surface area contributed by atoms with Gasteiger partial charge in [0.05, 0.1) is 4.92 Å². The number of aromatic nitrogens is 1. The average Bonchev–Trinajstić information content (AvgIpc) is 2.46. The quantitative estimate of drug-likeness (QED) is 0.612. The molecule has 2 heterocycles. The Bertz CT molecular complexity index is 544. The molecule has 0 aromatic carbocycles. The number of hydrogen-bond donors (Lipinski definition) is 0. The van der Waals surface area contributed by atoms with E-state index in [1.165, 1.54) is 6.07 Å². The Balaban J connectivity index is 2.15. The molecule has 7 heteroatoms. The maximum Gasteiger partial charge on any atom is 0.305 e. The molecule has 0 N–H and O–H groups in total. The van der Waals surface area contributed by atoms with E-state index < -0.39 is 4.92 Å². The average molecular weight is 275 g/mol. The Kier molecular flexibility index (Phi) is 4.15. The van der Waals surface area contributed by atoms with Gasteiger partial charge in [0.15, 0.2) is 0 Å². The minimum absolute atomic E-state index is 0.123. The maximum absolute atomic E-state index is 10.8. The van der Waals surface area contributed by atoms with Crippen LogP contribution in [0.4, 0.5) is 11.5 Å². The molecule has 0 unspecified atom stereocenters. The van der Waals surface area contributed by atoms with Crippen molar-refractivity contribution < 1.29 is 4.92 Å². The van der Waals surface area contributed by atoms with Gasteiger partial charge < -0.3 is 9.80 Å². The Morgan fingerprint density at radius 3 is 2.60 bits per heavy atom. The molecule has 1 aromatic rings. The SMILES string of the molecule is CN(C)C1CCN(c2ccc([N+](=O)[O-])c(C#N)n2)CC1. The van der Waals surface area contributed by atoms with Crippen LogP contribution in [0.15, 0.2) is 12.1 Å². The summed E-state index contributed by atoms with van der Waals surface area (Å²) in [6, 6.07) is 5.33. The van der Waals surface area contributed by atoms with Crippen molar-refractivity contribution in [2.45, 2.75) is 18.9 Å². The number of anilines is 1. The van der Waals surface area contributed by atoms with Crippen molar-refractivity contribution in [1.82, 2.24) is 9.88 Å². The van der Waals surface area contributed by atoms with Gasteiger partial charge in [-0.15, -0.1) is 0 Å². The normalized spacial score (nSPS) is 16.2. The van der Waals surface area contributed by atoms with Gasteiger partial charge in [-0.25, -0.2) is 4.98 Å². The summed E-state index contributed by atoms with van der Waals surface area (Å²) in [6.07, 6.45) is 2.04. The summed E-state index contributed by atoms with van der Waals surface area (Å²) in [4.78, 5) is 18.6. The van der Waals surface area contributed by atoms with Gasteiger partial charge in [-0.05, 0) is 33.0 Å². The van der Waals surface area contributed by atoms with E-state index in [0.29, 0.717) is 11.9 Å². The Morgan fingerprint density at radius 1 is 1.45 bits per heavy atom. The smallest absolute Gasteiger partial charge is 0.305 e. The summed E-state index contributed by atoms with van der Waals surface area (Å²) < 4.78 is 0. The molecule has 1 aromatic heterocycles. The number of rotatable bonds is 3. The molecule has 2 rings (SSSR count). The van der Waals surface area contributed by atoms with Gasteiger partial charge in [0, 0.05) is 25.2 Å². The lowest BCUT2D eigenvalue weighted by atomic mass is 10.0. The molecule has 1 aliphatic heterocycles. The zero-order valence-corrected chi connectivity index (χ0v) is 11.6. The predicted octanol–water partition coefficient (Wildman–Crippen LogP) is 1.39. The summed E-state index contributed by atoms with van der Waals surface area (Å²) in [6.45, 7) is 1.69. The van der Waals surface area contributed by atoms with Gasteiger partial charge in [-0.3, -0.25) is 10.1 Å². The van der Waals surface area contributed by atoms with Gasteiger partial charge in [-0.1, -0.05) is 0 Å². The molecule has 1 aliphatic rings. The van der Waals surface area contributed by atoms with Gasteiger partial charge >= 0.3 is 5.69 Å². The van der Waals surface area contributed by atoms with Crippen molar-refractivity contribution in [2.24, 2.45) is 0 Å². The fourth-order valence-corrected chi connectivity index (χ4v) is 2.46. The molecule has 7 nitrogen and oxygen atoms in total. The molecular formula is C13H17N5O2. The van der Waals surface area contributed by atoms with Crippen LogP contribution in [-0.2, 0) is 0 Å². The minimum atomic E-state index is -0.576. The number of hydrogen-bond acceptors (Lipinski definition) is 6. The van der Waals surface area contributed by atoms with Gasteiger partial charge in [0.2, 0.25) is 5.69 Å². The summed E-state index contributed by atoms with van der Waals surface area (Å²) in [5, 5.41) is 19.7. The first-order valence-electron chi connectivity index (χ1n) is 6.50. The van der Waals surface area contributed by atoms with Crippen LogP contribution in [0.1, 0.15) is 18.5 Å². The number of nitrogens with zero attached hydrogens (tertiary/aromatic N) is 5. The Morgan fingerprint density at radius 2 is 2.10 bits per heavy atom. The molecule has 0 aliphatic carbocycles. The van der Waals surface area contributed by atoms with Crippen molar-refractivity contribution in [1.29, 1.82) is 5.26 Å². The third-order valence-electron chi connectivity index (χ3n) is 3.68. The standard InChI is InChI=1S/C13H17N5O2/c1-16(2)10-5-7-17(8-6-10)13-4-3-12(18(19)20)11(9-14)15-13/h3-4,10H,5-8H2,1-2H3. The van der Waals surface area contributed by atoms with Crippen LogP contribution >= 0.6 is 0 Å². The number of nitriles is 1. The molecule has 106 valence electrons. The van der Waals surface area contributed by atoms with E-state index in [4.69, 9.17) is 5.26 Å². The molecular weight excluding hydrogens is 258 g/mol. The van der Waals surface area contributed by atoms with Crippen LogP contribution in [0.2, 0.25) is 0 Å². The number of nitro groups is 1. The van der Waals surface area contributed by atoms with Crippen LogP contribution < -0.4 is 4.90 Å². The van der Waals surface area contributed by atoms with Crippen molar-refractivity contribution in [2.75, 3.05) is 32.1 Å². The molecule has 0 amide bonds. The second-order valence-electron chi connectivity index (χ2n) is 5.09. The molecule has 20 heavy (non-hydrogen) atoms. The monoisotopic (exact) mass is 275 g/mol. The maximum atomic E-state index is 10.8. The topological polar surface area (TPSA) is 86.3 Å². The highest BCUT2D eigenvalue weighted by Crippen LogP contribution is 2.24. The molecule has 0 spiro atoms. The molecule has 0 saturated carbocycles. The highest BCUT2D eigenvalue weighted by molar-refractivity contribution is 5.51. The zero-order chi connectivity index (χ0) is 14.7. The van der Waals surface area contributed by atoms with Gasteiger partial charge in [-0.2, -0.15) is 5.26 Å². The zero-order valence-electron chi connectivity index (χ0n) is 11.6. The summed E-state index contributed by atoms with van der Waals surface area (Å²) in [5.41, 5.74) is -0.360. The fourth-order valence-electron chi connectivity index (χ4n) is 2.46. The van der Waals surface area contributed by atoms with Crippen molar-refractivity contribution >= 4 is 11.5 Å². The van der Waals surface area contributed by atoms with Gasteiger partial charge in [0.1, 0.15) is 11.9 Å². The number of pyridine rings is 1. The second kappa shape index (κ2) is 5.84. The van der Waals surface area contributed by atoms with E-state index in [0.717, 1.165) is 25.9 Å². The van der Waals surface area contributed by atoms with Crippen molar-refractivity contribution in [3.8, 4) is 6.07 Å². The molecule has 1 saturated heterocycles. The number of piperidine rings is 1. The van der Waals surface area contributed by atoms with E-state index >= 15 is 0 Å². The molecule has 1 fully saturated rings. The summed E-state index contributed by atoms with van der Waals surface area (Å²) in [5.74, 6) is 0.643. The first kappa shape index (κ1) is 14.2. The molecule has 0 radical (unpaired) electrons. The van der Waals surface area contributed by atoms with E-state index in [1.807, 2.05) is 0 Å². The largest absolute Gasteiger partial charge is 0.356 e. The first-order chi connectivity index (χ1) is 9.52. The predicted molar refractivity (Wildman–Crippen MR) is 74.5 cm³/mol. The molecule has 0 atom stereocenters. The first-order valence-corrected chi connectivity index (χ1v) is 6.50. The summed E-state index contributed by atoms with van der Waals surface area (Å²) in [7, 11) is 4.14. The fraction of sp³-hybridized carbons (Fsp3) is 0.538. The van der Waals surface area contributed by atoms with Crippen molar-refractivity contribution in [3.63, 3.8) is 0 Å². The second-order valence-corrected chi connectivity index (χ2v) is 5.09. The summed E-state index contributed by atoms with van der Waals surface area (Å²) >= 11 is 0. The van der Waals surface area contributed by atoms with Gasteiger partial charge in [0.25, 0.3) is 0 Å². The van der Waals surface area contributed by atoms with E-state index in [9.17, 15) is 10.1 Å². The lowest BCUT2D eigenvalue weighted by molar-refractivity contribution is -0.385. The highest BCUT2D eigenvalue weighted by Gasteiger charge is 2.23. The van der Waals surface area contributed by atoms with Crippen LogP contribution in [0.25, 0.3) is 0 Å². The van der Waals surface area contributed by atoms with Crippen molar-refractivity contribution in [3.05, 3.63) is 27.9 Å². The van der Waals surface area contributed by atoms with Crippen LogP contribution in [0.5, 0.6) is 0 Å². The highest BCUT2D eigenvalue weighted by atomic mass is 16.6.